The third-order valence-electron chi connectivity index (χ3n) is 3.54. The Morgan fingerprint density at radius 2 is 1.90 bits per heavy atom. The summed E-state index contributed by atoms with van der Waals surface area (Å²) in [5, 5.41) is 0.488. The summed E-state index contributed by atoms with van der Waals surface area (Å²) < 4.78 is 5.96. The van der Waals surface area contributed by atoms with E-state index in [0.717, 1.165) is 35.5 Å². The van der Waals surface area contributed by atoms with Crippen molar-refractivity contribution in [3.05, 3.63) is 45.9 Å². The van der Waals surface area contributed by atoms with Crippen molar-refractivity contribution in [3.8, 4) is 11.6 Å². The molecule has 0 unspecified atom stereocenters. The molecule has 0 aliphatic heterocycles. The molecule has 1 fully saturated rings. The number of nitrogens with zero attached hydrogens (tertiary/aromatic N) is 2. The minimum atomic E-state index is 0.453. The molecule has 0 atom stereocenters. The third-order valence-corrected chi connectivity index (χ3v) is 3.91. The first kappa shape index (κ1) is 13.4. The van der Waals surface area contributed by atoms with Gasteiger partial charge in [0.25, 0.3) is 0 Å². The van der Waals surface area contributed by atoms with Crippen molar-refractivity contribution in [3.63, 3.8) is 0 Å². The lowest BCUT2D eigenvalue weighted by Gasteiger charge is -2.12. The Labute approximate surface area is 124 Å². The first-order valence-electron chi connectivity index (χ1n) is 6.83. The number of rotatable bonds is 3. The van der Waals surface area contributed by atoms with Gasteiger partial charge in [0.1, 0.15) is 16.7 Å². The summed E-state index contributed by atoms with van der Waals surface area (Å²) in [6.45, 7) is 5.98. The van der Waals surface area contributed by atoms with Gasteiger partial charge in [0.05, 0.1) is 0 Å². The van der Waals surface area contributed by atoms with Gasteiger partial charge < -0.3 is 4.74 Å². The fourth-order valence-corrected chi connectivity index (χ4v) is 2.29. The van der Waals surface area contributed by atoms with Crippen LogP contribution in [0.4, 0.5) is 0 Å². The highest BCUT2D eigenvalue weighted by Crippen LogP contribution is 2.40. The predicted octanol–water partition coefficient (Wildman–Crippen LogP) is 4.72. The zero-order valence-electron chi connectivity index (χ0n) is 11.9. The SMILES string of the molecule is Cc1ccc(Oc2nc(C3CC3)nc(Cl)c2C)c(C)c1. The number of halogens is 1. The molecule has 1 aromatic carbocycles. The normalized spacial score (nSPS) is 14.4. The molecule has 0 N–H and O–H groups in total. The Bertz CT molecular complexity index is 666. The van der Waals surface area contributed by atoms with Crippen LogP contribution in [0.3, 0.4) is 0 Å². The topological polar surface area (TPSA) is 35.0 Å². The molecular weight excluding hydrogens is 272 g/mol. The zero-order chi connectivity index (χ0) is 14.3. The van der Waals surface area contributed by atoms with E-state index >= 15 is 0 Å². The van der Waals surface area contributed by atoms with Gasteiger partial charge in [0, 0.05) is 11.5 Å². The zero-order valence-corrected chi connectivity index (χ0v) is 12.7. The Morgan fingerprint density at radius 1 is 1.15 bits per heavy atom. The molecule has 0 saturated heterocycles. The number of hydrogen-bond acceptors (Lipinski definition) is 3. The Kier molecular flexibility index (Phi) is 3.38. The van der Waals surface area contributed by atoms with Gasteiger partial charge in [-0.05, 0) is 45.2 Å². The van der Waals surface area contributed by atoms with E-state index < -0.39 is 0 Å². The van der Waals surface area contributed by atoms with Crippen molar-refractivity contribution in [1.82, 2.24) is 9.97 Å². The smallest absolute Gasteiger partial charge is 0.227 e. The van der Waals surface area contributed by atoms with E-state index in [4.69, 9.17) is 16.3 Å². The number of benzene rings is 1. The molecule has 1 aliphatic carbocycles. The molecule has 4 heteroatoms. The maximum atomic E-state index is 6.19. The average molecular weight is 289 g/mol. The van der Waals surface area contributed by atoms with E-state index in [1.54, 1.807) is 0 Å². The first-order chi connectivity index (χ1) is 9.54. The van der Waals surface area contributed by atoms with Gasteiger partial charge in [-0.15, -0.1) is 0 Å². The van der Waals surface area contributed by atoms with Crippen molar-refractivity contribution in [1.29, 1.82) is 0 Å². The summed E-state index contributed by atoms with van der Waals surface area (Å²) >= 11 is 6.19. The van der Waals surface area contributed by atoms with Crippen LogP contribution in [0.15, 0.2) is 18.2 Å². The van der Waals surface area contributed by atoms with Gasteiger partial charge in [-0.2, -0.15) is 4.98 Å². The third kappa shape index (κ3) is 2.63. The summed E-state index contributed by atoms with van der Waals surface area (Å²) in [4.78, 5) is 8.88. The lowest BCUT2D eigenvalue weighted by atomic mass is 10.1. The Balaban J connectivity index is 1.97. The molecule has 20 heavy (non-hydrogen) atoms. The van der Waals surface area contributed by atoms with Gasteiger partial charge in [-0.3, -0.25) is 0 Å². The fourth-order valence-electron chi connectivity index (χ4n) is 2.13. The Morgan fingerprint density at radius 3 is 2.55 bits per heavy atom. The quantitative estimate of drug-likeness (QED) is 0.766. The molecule has 0 bridgehead atoms. The van der Waals surface area contributed by atoms with E-state index in [0.29, 0.717) is 17.0 Å². The second kappa shape index (κ2) is 5.06. The van der Waals surface area contributed by atoms with Gasteiger partial charge >= 0.3 is 0 Å². The van der Waals surface area contributed by atoms with Gasteiger partial charge in [0.2, 0.25) is 5.88 Å². The Hall–Kier alpha value is -1.61. The maximum absolute atomic E-state index is 6.19. The van der Waals surface area contributed by atoms with E-state index in [1.807, 2.05) is 26.0 Å². The van der Waals surface area contributed by atoms with Crippen LogP contribution >= 0.6 is 11.6 Å². The highest BCUT2D eigenvalue weighted by Gasteiger charge is 2.28. The van der Waals surface area contributed by atoms with Gasteiger partial charge in [0.15, 0.2) is 0 Å². The van der Waals surface area contributed by atoms with E-state index in [1.165, 1.54) is 5.56 Å². The lowest BCUT2D eigenvalue weighted by Crippen LogP contribution is -2.00. The largest absolute Gasteiger partial charge is 0.438 e. The highest BCUT2D eigenvalue weighted by atomic mass is 35.5. The van der Waals surface area contributed by atoms with Gasteiger partial charge in [-0.25, -0.2) is 4.98 Å². The van der Waals surface area contributed by atoms with E-state index in [2.05, 4.69) is 23.0 Å². The van der Waals surface area contributed by atoms with Crippen LogP contribution < -0.4 is 4.74 Å². The van der Waals surface area contributed by atoms with Crippen LogP contribution in [0.2, 0.25) is 5.15 Å². The standard InChI is InChI=1S/C16H17ClN2O/c1-9-4-7-13(10(2)8-9)20-16-11(3)14(17)18-15(19-16)12-5-6-12/h4,7-8,12H,5-6H2,1-3H3. The molecule has 1 aromatic heterocycles. The first-order valence-corrected chi connectivity index (χ1v) is 7.21. The number of ether oxygens (including phenoxy) is 1. The minimum absolute atomic E-state index is 0.453. The van der Waals surface area contributed by atoms with Crippen LogP contribution in [0.25, 0.3) is 0 Å². The summed E-state index contributed by atoms with van der Waals surface area (Å²) in [5.74, 6) is 2.64. The molecule has 0 spiro atoms. The molecule has 1 saturated carbocycles. The van der Waals surface area contributed by atoms with Crippen LogP contribution in [-0.2, 0) is 0 Å². The average Bonchev–Trinajstić information content (AvgIpc) is 3.22. The predicted molar refractivity (Wildman–Crippen MR) is 79.7 cm³/mol. The maximum Gasteiger partial charge on any atom is 0.227 e. The summed E-state index contributed by atoms with van der Waals surface area (Å²) in [6.07, 6.45) is 2.28. The molecule has 0 radical (unpaired) electrons. The number of aromatic nitrogens is 2. The van der Waals surface area contributed by atoms with Crippen molar-refractivity contribution in [2.24, 2.45) is 0 Å². The summed E-state index contributed by atoms with van der Waals surface area (Å²) in [7, 11) is 0. The summed E-state index contributed by atoms with van der Waals surface area (Å²) in [5.41, 5.74) is 3.09. The molecule has 0 amide bonds. The minimum Gasteiger partial charge on any atom is -0.438 e. The highest BCUT2D eigenvalue weighted by molar-refractivity contribution is 6.30. The molecule has 1 heterocycles. The van der Waals surface area contributed by atoms with Crippen molar-refractivity contribution >= 4 is 11.6 Å². The van der Waals surface area contributed by atoms with Crippen molar-refractivity contribution in [2.45, 2.75) is 39.5 Å². The fraction of sp³-hybridized carbons (Fsp3) is 0.375. The van der Waals surface area contributed by atoms with Gasteiger partial charge in [-0.1, -0.05) is 29.3 Å². The van der Waals surface area contributed by atoms with Crippen LogP contribution in [0, 0.1) is 20.8 Å². The van der Waals surface area contributed by atoms with Crippen molar-refractivity contribution in [2.75, 3.05) is 0 Å². The number of aryl methyl sites for hydroxylation is 2. The molecule has 2 aromatic rings. The van der Waals surface area contributed by atoms with E-state index in [9.17, 15) is 0 Å². The van der Waals surface area contributed by atoms with Crippen LogP contribution in [0.5, 0.6) is 11.6 Å². The van der Waals surface area contributed by atoms with Crippen LogP contribution in [-0.4, -0.2) is 9.97 Å². The second-order valence-electron chi connectivity index (χ2n) is 5.45. The molecule has 3 nitrogen and oxygen atoms in total. The monoisotopic (exact) mass is 288 g/mol. The lowest BCUT2D eigenvalue weighted by molar-refractivity contribution is 0.451. The molecule has 1 aliphatic rings. The number of hydrogen-bond donors (Lipinski definition) is 0. The molecule has 104 valence electrons. The molecule has 3 rings (SSSR count). The van der Waals surface area contributed by atoms with E-state index in [-0.39, 0.29) is 0 Å². The van der Waals surface area contributed by atoms with Crippen LogP contribution in [0.1, 0.15) is 41.3 Å². The second-order valence-corrected chi connectivity index (χ2v) is 5.81. The van der Waals surface area contributed by atoms with Crippen molar-refractivity contribution < 1.29 is 4.74 Å². The summed E-state index contributed by atoms with van der Waals surface area (Å²) in [6, 6.07) is 6.09. The molecular formula is C16H17ClN2O.